The summed E-state index contributed by atoms with van der Waals surface area (Å²) < 4.78 is 10.8. The number of esters is 1. The average Bonchev–Trinajstić information content (AvgIpc) is 3.25. The lowest BCUT2D eigenvalue weighted by Crippen LogP contribution is -2.06. The summed E-state index contributed by atoms with van der Waals surface area (Å²) in [5.41, 5.74) is 0.965. The van der Waals surface area contributed by atoms with E-state index in [1.807, 2.05) is 34.3 Å². The highest BCUT2D eigenvalue weighted by atomic mass is 32.1. The number of nitrogens with zero attached hydrogens (tertiary/aromatic N) is 2. The molecule has 22 heavy (non-hydrogen) atoms. The molecule has 0 radical (unpaired) electrons. The van der Waals surface area contributed by atoms with Gasteiger partial charge in [-0.15, -0.1) is 21.5 Å². The Labute approximate surface area is 134 Å². The highest BCUT2D eigenvalue weighted by Crippen LogP contribution is 2.25. The number of hydrogen-bond donors (Lipinski definition) is 0. The van der Waals surface area contributed by atoms with Crippen molar-refractivity contribution in [3.8, 4) is 10.8 Å². The van der Waals surface area contributed by atoms with Crippen LogP contribution in [0.15, 0.2) is 44.8 Å². The van der Waals surface area contributed by atoms with Gasteiger partial charge in [-0.05, 0) is 46.8 Å². The summed E-state index contributed by atoms with van der Waals surface area (Å²) in [6, 6.07) is 5.72. The number of hydrogen-bond acceptors (Lipinski definition) is 7. The van der Waals surface area contributed by atoms with Crippen LogP contribution >= 0.6 is 22.7 Å². The molecule has 1 atom stereocenters. The summed E-state index contributed by atoms with van der Waals surface area (Å²) in [5.74, 6) is 0.261. The first-order valence-electron chi connectivity index (χ1n) is 6.50. The minimum atomic E-state index is -0.596. The smallest absolute Gasteiger partial charge is 0.331 e. The molecule has 112 valence electrons. The van der Waals surface area contributed by atoms with E-state index in [-0.39, 0.29) is 5.89 Å². The van der Waals surface area contributed by atoms with Crippen molar-refractivity contribution in [2.75, 3.05) is 0 Å². The Morgan fingerprint density at radius 3 is 3.00 bits per heavy atom. The lowest BCUT2D eigenvalue weighted by atomic mass is 10.3. The Bertz CT molecular complexity index is 761. The molecule has 0 bridgehead atoms. The molecule has 0 aromatic carbocycles. The number of rotatable bonds is 5. The van der Waals surface area contributed by atoms with Crippen molar-refractivity contribution in [3.05, 3.63) is 51.9 Å². The average molecular weight is 332 g/mol. The molecule has 0 fully saturated rings. The van der Waals surface area contributed by atoms with E-state index in [0.717, 1.165) is 10.4 Å². The quantitative estimate of drug-likeness (QED) is 0.518. The lowest BCUT2D eigenvalue weighted by molar-refractivity contribution is -0.143. The zero-order chi connectivity index (χ0) is 15.4. The molecule has 0 spiro atoms. The lowest BCUT2D eigenvalue weighted by Gasteiger charge is -2.06. The summed E-state index contributed by atoms with van der Waals surface area (Å²) in [4.78, 5) is 12.6. The van der Waals surface area contributed by atoms with Crippen molar-refractivity contribution in [2.45, 2.75) is 13.0 Å². The van der Waals surface area contributed by atoms with Crippen molar-refractivity contribution >= 4 is 34.7 Å². The summed E-state index contributed by atoms with van der Waals surface area (Å²) in [5, 5.41) is 13.7. The fraction of sp³-hybridized carbons (Fsp3) is 0.133. The first kappa shape index (κ1) is 14.7. The van der Waals surface area contributed by atoms with Crippen LogP contribution in [0.5, 0.6) is 0 Å². The molecule has 3 rings (SSSR count). The third kappa shape index (κ3) is 3.49. The number of ether oxygens (including phenoxy) is 1. The van der Waals surface area contributed by atoms with Gasteiger partial charge in [-0.3, -0.25) is 0 Å². The van der Waals surface area contributed by atoms with Gasteiger partial charge in [0.15, 0.2) is 6.10 Å². The number of carbonyl (C=O) groups excluding carboxylic acids is 1. The van der Waals surface area contributed by atoms with Gasteiger partial charge >= 0.3 is 5.97 Å². The maximum atomic E-state index is 11.8. The predicted molar refractivity (Wildman–Crippen MR) is 85.5 cm³/mol. The van der Waals surface area contributed by atoms with Crippen molar-refractivity contribution in [1.82, 2.24) is 10.2 Å². The van der Waals surface area contributed by atoms with Crippen LogP contribution in [0.1, 0.15) is 24.5 Å². The normalized spacial score (nSPS) is 12.6. The van der Waals surface area contributed by atoms with Crippen LogP contribution < -0.4 is 0 Å². The SMILES string of the molecule is C[C@@H](OC(=O)/C=C/c1ccsc1)c1nnc(-c2cccs2)o1. The van der Waals surface area contributed by atoms with Gasteiger partial charge in [-0.25, -0.2) is 4.79 Å². The second kappa shape index (κ2) is 6.67. The van der Waals surface area contributed by atoms with Gasteiger partial charge in [0.05, 0.1) is 4.88 Å². The zero-order valence-electron chi connectivity index (χ0n) is 11.6. The molecule has 3 aromatic rings. The fourth-order valence-electron chi connectivity index (χ4n) is 1.70. The van der Waals surface area contributed by atoms with E-state index in [1.165, 1.54) is 17.4 Å². The van der Waals surface area contributed by atoms with Crippen molar-refractivity contribution in [3.63, 3.8) is 0 Å². The largest absolute Gasteiger partial charge is 0.449 e. The number of carbonyl (C=O) groups is 1. The van der Waals surface area contributed by atoms with E-state index >= 15 is 0 Å². The van der Waals surface area contributed by atoms with Crippen LogP contribution in [0.25, 0.3) is 16.8 Å². The Kier molecular flexibility index (Phi) is 4.45. The molecular formula is C15H12N2O3S2. The molecule has 0 saturated carbocycles. The predicted octanol–water partition coefficient (Wildman–Crippen LogP) is 4.18. The van der Waals surface area contributed by atoms with E-state index in [9.17, 15) is 4.79 Å². The third-order valence-electron chi connectivity index (χ3n) is 2.77. The van der Waals surface area contributed by atoms with Gasteiger partial charge in [0.25, 0.3) is 11.8 Å². The molecule has 0 aliphatic carbocycles. The Morgan fingerprint density at radius 1 is 1.36 bits per heavy atom. The topological polar surface area (TPSA) is 65.2 Å². The van der Waals surface area contributed by atoms with Crippen LogP contribution in [0.3, 0.4) is 0 Å². The van der Waals surface area contributed by atoms with Crippen molar-refractivity contribution < 1.29 is 13.9 Å². The van der Waals surface area contributed by atoms with Crippen LogP contribution in [-0.2, 0) is 9.53 Å². The molecular weight excluding hydrogens is 320 g/mol. The zero-order valence-corrected chi connectivity index (χ0v) is 13.3. The maximum absolute atomic E-state index is 11.8. The molecule has 3 aromatic heterocycles. The molecule has 0 aliphatic heterocycles. The van der Waals surface area contributed by atoms with Gasteiger partial charge in [0.1, 0.15) is 0 Å². The monoisotopic (exact) mass is 332 g/mol. The van der Waals surface area contributed by atoms with Gasteiger partial charge in [-0.1, -0.05) is 6.07 Å². The van der Waals surface area contributed by atoms with Gasteiger partial charge in [-0.2, -0.15) is 11.3 Å². The molecule has 0 amide bonds. The van der Waals surface area contributed by atoms with Crippen LogP contribution in [0, 0.1) is 0 Å². The van der Waals surface area contributed by atoms with E-state index < -0.39 is 12.1 Å². The molecule has 0 aliphatic rings. The molecule has 7 heteroatoms. The maximum Gasteiger partial charge on any atom is 0.331 e. The Balaban J connectivity index is 1.62. The van der Waals surface area contributed by atoms with Gasteiger partial charge < -0.3 is 9.15 Å². The summed E-state index contributed by atoms with van der Waals surface area (Å²) in [7, 11) is 0. The summed E-state index contributed by atoms with van der Waals surface area (Å²) in [6.07, 6.45) is 2.49. The second-order valence-electron chi connectivity index (χ2n) is 4.39. The van der Waals surface area contributed by atoms with Crippen LogP contribution in [0.2, 0.25) is 0 Å². The van der Waals surface area contributed by atoms with Crippen molar-refractivity contribution in [1.29, 1.82) is 0 Å². The Morgan fingerprint density at radius 2 is 2.27 bits per heavy atom. The third-order valence-corrected chi connectivity index (χ3v) is 4.33. The van der Waals surface area contributed by atoms with Gasteiger partial charge in [0.2, 0.25) is 0 Å². The van der Waals surface area contributed by atoms with E-state index in [4.69, 9.17) is 9.15 Å². The van der Waals surface area contributed by atoms with Gasteiger partial charge in [0, 0.05) is 6.08 Å². The molecule has 5 nitrogen and oxygen atoms in total. The summed E-state index contributed by atoms with van der Waals surface area (Å²) in [6.45, 7) is 1.70. The minimum absolute atomic E-state index is 0.278. The highest BCUT2D eigenvalue weighted by molar-refractivity contribution is 7.13. The van der Waals surface area contributed by atoms with Crippen LogP contribution in [-0.4, -0.2) is 16.2 Å². The minimum Gasteiger partial charge on any atom is -0.449 e. The van der Waals surface area contributed by atoms with E-state index in [1.54, 1.807) is 24.3 Å². The van der Waals surface area contributed by atoms with Crippen molar-refractivity contribution in [2.24, 2.45) is 0 Å². The number of aromatic nitrogens is 2. The first-order chi connectivity index (χ1) is 10.7. The Hall–Kier alpha value is -2.25. The highest BCUT2D eigenvalue weighted by Gasteiger charge is 2.18. The molecule has 0 unspecified atom stereocenters. The summed E-state index contributed by atoms with van der Waals surface area (Å²) >= 11 is 3.08. The molecule has 0 N–H and O–H groups in total. The number of thiophene rings is 2. The van der Waals surface area contributed by atoms with E-state index in [0.29, 0.717) is 5.89 Å². The first-order valence-corrected chi connectivity index (χ1v) is 8.33. The molecule has 0 saturated heterocycles. The second-order valence-corrected chi connectivity index (χ2v) is 6.12. The fourth-order valence-corrected chi connectivity index (χ4v) is 2.97. The van der Waals surface area contributed by atoms with Crippen LogP contribution in [0.4, 0.5) is 0 Å². The molecule has 3 heterocycles. The standard InChI is InChI=1S/C15H12N2O3S2/c1-10(19-13(18)5-4-11-6-8-21-9-11)14-16-17-15(20-14)12-3-2-7-22-12/h2-10H,1H3/b5-4+/t10-/m1/s1. The van der Waals surface area contributed by atoms with E-state index in [2.05, 4.69) is 10.2 Å².